The lowest BCUT2D eigenvalue weighted by molar-refractivity contribution is -0.149. The smallest absolute Gasteiger partial charge is 0.324 e. The number of aryl methyl sites for hydroxylation is 1. The molecule has 2 aliphatic rings. The normalized spacial score (nSPS) is 25.4. The molecule has 36 heavy (non-hydrogen) atoms. The molecular formula is C26H26N4O6. The summed E-state index contributed by atoms with van der Waals surface area (Å²) in [6, 6.07) is 14.5. The number of hydrogen-bond donors (Lipinski definition) is 4. The largest absolute Gasteiger partial charge is 0.480 e. The lowest BCUT2D eigenvalue weighted by atomic mass is 9.77. The van der Waals surface area contributed by atoms with Gasteiger partial charge in [0.2, 0.25) is 11.8 Å². The van der Waals surface area contributed by atoms with Gasteiger partial charge in [-0.25, -0.2) is 9.69 Å². The van der Waals surface area contributed by atoms with Gasteiger partial charge in [0.25, 0.3) is 0 Å². The molecule has 2 aromatic carbocycles. The minimum absolute atomic E-state index is 0.0128. The van der Waals surface area contributed by atoms with Crippen molar-refractivity contribution in [2.75, 3.05) is 11.4 Å². The second-order valence-corrected chi connectivity index (χ2v) is 9.28. The Morgan fingerprint density at radius 2 is 1.86 bits per heavy atom. The van der Waals surface area contributed by atoms with Crippen molar-refractivity contribution >= 4 is 40.5 Å². The molecule has 2 saturated heterocycles. The number of para-hydroxylation sites is 2. The quantitative estimate of drug-likeness (QED) is 0.293. The second kappa shape index (κ2) is 8.80. The van der Waals surface area contributed by atoms with E-state index in [1.807, 2.05) is 18.2 Å². The van der Waals surface area contributed by atoms with Crippen LogP contribution in [0.3, 0.4) is 0 Å². The molecule has 0 radical (unpaired) electrons. The van der Waals surface area contributed by atoms with E-state index in [2.05, 4.69) is 10.6 Å². The summed E-state index contributed by atoms with van der Waals surface area (Å²) in [7, 11) is 0. The van der Waals surface area contributed by atoms with Crippen molar-refractivity contribution < 1.29 is 28.7 Å². The molecule has 186 valence electrons. The fraction of sp³-hybridized carbons (Fsp3) is 0.308. The average Bonchev–Trinajstić information content (AvgIpc) is 3.49. The summed E-state index contributed by atoms with van der Waals surface area (Å²) in [5.41, 5.74) is 5.13. The second-order valence-electron chi connectivity index (χ2n) is 9.28. The van der Waals surface area contributed by atoms with Gasteiger partial charge in [0.15, 0.2) is 0 Å². The van der Waals surface area contributed by atoms with Crippen LogP contribution >= 0.6 is 0 Å². The van der Waals surface area contributed by atoms with Crippen molar-refractivity contribution in [3.05, 3.63) is 65.9 Å². The molecule has 5 rings (SSSR count). The first-order valence-corrected chi connectivity index (χ1v) is 11.7. The number of rotatable bonds is 7. The molecule has 2 fully saturated rings. The molecule has 0 bridgehead atoms. The Hall–Kier alpha value is -4.18. The predicted octanol–water partition coefficient (Wildman–Crippen LogP) is 2.46. The van der Waals surface area contributed by atoms with Crippen molar-refractivity contribution in [3.8, 4) is 0 Å². The summed E-state index contributed by atoms with van der Waals surface area (Å²) in [6.45, 7) is 1.92. The third-order valence-corrected chi connectivity index (χ3v) is 7.19. The van der Waals surface area contributed by atoms with Crippen LogP contribution in [0.5, 0.6) is 0 Å². The Labute approximate surface area is 206 Å². The summed E-state index contributed by atoms with van der Waals surface area (Å²) >= 11 is 0. The van der Waals surface area contributed by atoms with Crippen LogP contribution in [0.2, 0.25) is 0 Å². The summed E-state index contributed by atoms with van der Waals surface area (Å²) in [5, 5.41) is 16.8. The molecule has 4 amide bonds. The molecule has 10 nitrogen and oxygen atoms in total. The van der Waals surface area contributed by atoms with Gasteiger partial charge < -0.3 is 20.6 Å². The Morgan fingerprint density at radius 3 is 2.56 bits per heavy atom. The molecule has 3 aromatic rings. The van der Waals surface area contributed by atoms with Crippen molar-refractivity contribution in [2.24, 2.45) is 17.6 Å². The van der Waals surface area contributed by atoms with Crippen molar-refractivity contribution in [1.82, 2.24) is 10.6 Å². The topological polar surface area (TPSA) is 155 Å². The van der Waals surface area contributed by atoms with Crippen LogP contribution in [0, 0.1) is 18.8 Å². The van der Waals surface area contributed by atoms with E-state index in [0.29, 0.717) is 17.0 Å². The first kappa shape index (κ1) is 23.6. The molecular weight excluding hydrogens is 464 g/mol. The third-order valence-electron chi connectivity index (χ3n) is 7.19. The molecule has 1 aromatic heterocycles. The van der Waals surface area contributed by atoms with Crippen molar-refractivity contribution in [3.63, 3.8) is 0 Å². The third kappa shape index (κ3) is 3.61. The Morgan fingerprint density at radius 1 is 1.14 bits per heavy atom. The molecule has 0 aliphatic carbocycles. The minimum Gasteiger partial charge on any atom is -0.480 e. The highest BCUT2D eigenvalue weighted by Crippen LogP contribution is 2.52. The number of furan rings is 1. The van der Waals surface area contributed by atoms with Crippen LogP contribution in [0.4, 0.5) is 10.5 Å². The van der Waals surface area contributed by atoms with Crippen molar-refractivity contribution in [2.45, 2.75) is 31.3 Å². The molecule has 2 aliphatic heterocycles. The van der Waals surface area contributed by atoms with E-state index in [-0.39, 0.29) is 19.4 Å². The maximum Gasteiger partial charge on any atom is 0.324 e. The SMILES string of the molecule is Cc1ccccc1N1C(=O)C2C(c3cc4ccccc4o3)NC(CCCNC(N)=O)(C(=O)O)C2C1=O. The van der Waals surface area contributed by atoms with Gasteiger partial charge in [0.1, 0.15) is 16.9 Å². The van der Waals surface area contributed by atoms with E-state index in [9.17, 15) is 24.3 Å². The first-order valence-electron chi connectivity index (χ1n) is 11.7. The number of nitrogens with one attached hydrogen (secondary N) is 2. The number of primary amides is 1. The van der Waals surface area contributed by atoms with Crippen molar-refractivity contribution in [1.29, 1.82) is 0 Å². The summed E-state index contributed by atoms with van der Waals surface area (Å²) < 4.78 is 6.03. The number of carbonyl (C=O) groups is 4. The molecule has 5 N–H and O–H groups in total. The number of carbonyl (C=O) groups excluding carboxylic acids is 3. The van der Waals surface area contributed by atoms with Gasteiger partial charge in [0, 0.05) is 11.9 Å². The standard InChI is InChI=1S/C26H26N4O6/c1-14-7-2-4-9-16(14)30-22(31)19-20(23(30)32)26(24(33)34,11-6-12-28-25(27)35)29-21(19)18-13-15-8-3-5-10-17(15)36-18/h2-5,7-10,13,19-21,29H,6,11-12H2,1H3,(H,33,34)(H3,27,28,35). The van der Waals surface area contributed by atoms with Crippen LogP contribution in [0.25, 0.3) is 11.0 Å². The number of benzene rings is 2. The number of aliphatic carboxylic acids is 1. The number of urea groups is 1. The van der Waals surface area contributed by atoms with Gasteiger partial charge in [-0.05, 0) is 43.5 Å². The summed E-state index contributed by atoms with van der Waals surface area (Å²) in [4.78, 5) is 52.7. The number of nitrogens with zero attached hydrogens (tertiary/aromatic N) is 1. The Kier molecular flexibility index (Phi) is 5.76. The van der Waals surface area contributed by atoms with Crippen LogP contribution in [0.1, 0.15) is 30.2 Å². The summed E-state index contributed by atoms with van der Waals surface area (Å²) in [5.74, 6) is -4.07. The van der Waals surface area contributed by atoms with E-state index in [1.54, 1.807) is 43.3 Å². The fourth-order valence-corrected chi connectivity index (χ4v) is 5.57. The first-order chi connectivity index (χ1) is 17.2. The zero-order chi connectivity index (χ0) is 25.6. The van der Waals surface area contributed by atoms with Gasteiger partial charge in [-0.1, -0.05) is 36.4 Å². The summed E-state index contributed by atoms with van der Waals surface area (Å²) in [6.07, 6.45) is 0.214. The van der Waals surface area contributed by atoms with E-state index in [0.717, 1.165) is 15.8 Å². The highest BCUT2D eigenvalue weighted by atomic mass is 16.4. The highest BCUT2D eigenvalue weighted by Gasteiger charge is 2.69. The van der Waals surface area contributed by atoms with Gasteiger partial charge in [-0.3, -0.25) is 19.7 Å². The molecule has 4 unspecified atom stereocenters. The minimum atomic E-state index is -1.75. The predicted molar refractivity (Wildman–Crippen MR) is 130 cm³/mol. The molecule has 4 atom stereocenters. The van der Waals surface area contributed by atoms with Gasteiger partial charge >= 0.3 is 12.0 Å². The monoisotopic (exact) mass is 490 g/mol. The van der Waals surface area contributed by atoms with Gasteiger partial charge in [0.05, 0.1) is 23.6 Å². The van der Waals surface area contributed by atoms with E-state index in [1.165, 1.54) is 0 Å². The number of hydrogen-bond acceptors (Lipinski definition) is 6. The molecule has 0 saturated carbocycles. The van der Waals surface area contributed by atoms with Crippen LogP contribution in [0.15, 0.2) is 59.0 Å². The number of anilines is 1. The van der Waals surface area contributed by atoms with Crippen LogP contribution < -0.4 is 21.3 Å². The van der Waals surface area contributed by atoms with E-state index < -0.39 is 47.2 Å². The number of imide groups is 1. The number of carboxylic acids is 1. The van der Waals surface area contributed by atoms with Crippen LogP contribution in [-0.2, 0) is 14.4 Å². The number of carboxylic acid groups (broad SMARTS) is 1. The molecule has 3 heterocycles. The van der Waals surface area contributed by atoms with Gasteiger partial charge in [-0.2, -0.15) is 0 Å². The zero-order valence-electron chi connectivity index (χ0n) is 19.6. The number of amides is 4. The maximum atomic E-state index is 13.8. The Balaban J connectivity index is 1.60. The zero-order valence-corrected chi connectivity index (χ0v) is 19.6. The molecule has 10 heteroatoms. The van der Waals surface area contributed by atoms with E-state index in [4.69, 9.17) is 10.2 Å². The van der Waals surface area contributed by atoms with Gasteiger partial charge in [-0.15, -0.1) is 0 Å². The fourth-order valence-electron chi connectivity index (χ4n) is 5.57. The average molecular weight is 491 g/mol. The number of nitrogens with two attached hydrogens (primary N) is 1. The lowest BCUT2D eigenvalue weighted by Crippen LogP contribution is -2.56. The highest BCUT2D eigenvalue weighted by molar-refractivity contribution is 6.24. The maximum absolute atomic E-state index is 13.8. The van der Waals surface area contributed by atoms with Crippen LogP contribution in [-0.4, -0.2) is 41.0 Å². The lowest BCUT2D eigenvalue weighted by Gasteiger charge is -2.31. The Bertz CT molecular complexity index is 1350. The van der Waals surface area contributed by atoms with E-state index >= 15 is 0 Å². The number of fused-ring (bicyclic) bond motifs is 2. The molecule has 0 spiro atoms.